The van der Waals surface area contributed by atoms with Gasteiger partial charge in [-0.25, -0.2) is 0 Å². The zero-order chi connectivity index (χ0) is 8.65. The van der Waals surface area contributed by atoms with Crippen molar-refractivity contribution in [2.24, 2.45) is 5.92 Å². The second-order valence-corrected chi connectivity index (χ2v) is 3.99. The van der Waals surface area contributed by atoms with Crippen LogP contribution in [0.3, 0.4) is 0 Å². The third-order valence-corrected chi connectivity index (χ3v) is 2.94. The van der Waals surface area contributed by atoms with Gasteiger partial charge >= 0.3 is 0 Å². The van der Waals surface area contributed by atoms with Crippen molar-refractivity contribution in [1.82, 2.24) is 0 Å². The van der Waals surface area contributed by atoms with Gasteiger partial charge in [-0.1, -0.05) is 44.9 Å². The van der Waals surface area contributed by atoms with Crippen molar-refractivity contribution in [3.8, 4) is 0 Å². The summed E-state index contributed by atoms with van der Waals surface area (Å²) in [4.78, 5) is 0. The molecule has 1 fully saturated rings. The van der Waals surface area contributed by atoms with Crippen LogP contribution in [0.25, 0.3) is 0 Å². The van der Waals surface area contributed by atoms with Gasteiger partial charge in [0.2, 0.25) is 0 Å². The Hall–Kier alpha value is -0.0400. The van der Waals surface area contributed by atoms with Crippen molar-refractivity contribution in [3.63, 3.8) is 0 Å². The lowest BCUT2D eigenvalue weighted by Crippen LogP contribution is -2.06. The fourth-order valence-corrected chi connectivity index (χ4v) is 2.16. The Bertz CT molecular complexity index is 95.2. The molecule has 0 amide bonds. The van der Waals surface area contributed by atoms with Crippen LogP contribution in [0.1, 0.15) is 51.4 Å². The third-order valence-electron chi connectivity index (χ3n) is 2.94. The van der Waals surface area contributed by atoms with Crippen molar-refractivity contribution in [2.75, 3.05) is 13.7 Å². The summed E-state index contributed by atoms with van der Waals surface area (Å²) in [7, 11) is 1.79. The zero-order valence-electron chi connectivity index (χ0n) is 8.35. The SMILES string of the molecule is COCCCCC1CCCCC1. The summed E-state index contributed by atoms with van der Waals surface area (Å²) in [5.74, 6) is 1.05. The van der Waals surface area contributed by atoms with Gasteiger partial charge in [0.25, 0.3) is 0 Å². The first-order chi connectivity index (χ1) is 5.93. The number of rotatable bonds is 5. The lowest BCUT2D eigenvalue weighted by molar-refractivity contribution is 0.188. The fourth-order valence-electron chi connectivity index (χ4n) is 2.16. The minimum Gasteiger partial charge on any atom is -0.385 e. The van der Waals surface area contributed by atoms with E-state index < -0.39 is 0 Å². The third kappa shape index (κ3) is 4.10. The highest BCUT2D eigenvalue weighted by molar-refractivity contribution is 4.65. The maximum absolute atomic E-state index is 5.03. The van der Waals surface area contributed by atoms with Gasteiger partial charge in [-0.05, 0) is 12.3 Å². The van der Waals surface area contributed by atoms with E-state index in [0.717, 1.165) is 12.5 Å². The minimum atomic E-state index is 0.951. The Morgan fingerprint density at radius 2 is 1.83 bits per heavy atom. The molecule has 0 unspecified atom stereocenters. The van der Waals surface area contributed by atoms with Gasteiger partial charge in [0.15, 0.2) is 0 Å². The maximum atomic E-state index is 5.03. The molecule has 0 aromatic carbocycles. The molecule has 0 aromatic heterocycles. The monoisotopic (exact) mass is 170 g/mol. The molecule has 72 valence electrons. The number of unbranched alkanes of at least 4 members (excludes halogenated alkanes) is 1. The van der Waals surface area contributed by atoms with Crippen molar-refractivity contribution in [1.29, 1.82) is 0 Å². The molecule has 0 spiro atoms. The Kier molecular flexibility index (Phi) is 5.42. The van der Waals surface area contributed by atoms with Gasteiger partial charge in [0, 0.05) is 13.7 Å². The lowest BCUT2D eigenvalue weighted by atomic mass is 9.86. The molecule has 1 saturated carbocycles. The lowest BCUT2D eigenvalue weighted by Gasteiger charge is -2.21. The molecular formula is C11H22O. The summed E-state index contributed by atoms with van der Waals surface area (Å²) in [6, 6.07) is 0. The summed E-state index contributed by atoms with van der Waals surface area (Å²) in [6.45, 7) is 0.951. The quantitative estimate of drug-likeness (QED) is 0.575. The summed E-state index contributed by atoms with van der Waals surface area (Å²) in [6.07, 6.45) is 11.5. The van der Waals surface area contributed by atoms with Crippen LogP contribution < -0.4 is 0 Å². The highest BCUT2D eigenvalue weighted by Crippen LogP contribution is 2.27. The van der Waals surface area contributed by atoms with Crippen LogP contribution in [-0.4, -0.2) is 13.7 Å². The number of hydrogen-bond acceptors (Lipinski definition) is 1. The average Bonchev–Trinajstić information content (AvgIpc) is 2.14. The van der Waals surface area contributed by atoms with Crippen LogP contribution >= 0.6 is 0 Å². The molecule has 0 N–H and O–H groups in total. The Balaban J connectivity index is 1.91. The topological polar surface area (TPSA) is 9.23 Å². The van der Waals surface area contributed by atoms with E-state index in [9.17, 15) is 0 Å². The van der Waals surface area contributed by atoms with E-state index in [2.05, 4.69) is 0 Å². The van der Waals surface area contributed by atoms with E-state index in [1.807, 2.05) is 0 Å². The van der Waals surface area contributed by atoms with Gasteiger partial charge in [-0.15, -0.1) is 0 Å². The first-order valence-corrected chi connectivity index (χ1v) is 5.42. The molecule has 0 radical (unpaired) electrons. The standard InChI is InChI=1S/C11H22O/c1-12-10-6-5-9-11-7-3-2-4-8-11/h11H,2-10H2,1H3. The van der Waals surface area contributed by atoms with Crippen molar-refractivity contribution in [2.45, 2.75) is 51.4 Å². The van der Waals surface area contributed by atoms with Crippen LogP contribution in [0, 0.1) is 5.92 Å². The molecule has 1 aliphatic carbocycles. The van der Waals surface area contributed by atoms with E-state index >= 15 is 0 Å². The Labute approximate surface area is 76.5 Å². The highest BCUT2D eigenvalue weighted by Gasteiger charge is 2.12. The number of ether oxygens (including phenoxy) is 1. The van der Waals surface area contributed by atoms with Crippen LogP contribution in [0.2, 0.25) is 0 Å². The summed E-state index contributed by atoms with van der Waals surface area (Å²) >= 11 is 0. The number of methoxy groups -OCH3 is 1. The molecule has 0 aromatic rings. The van der Waals surface area contributed by atoms with Crippen molar-refractivity contribution < 1.29 is 4.74 Å². The van der Waals surface area contributed by atoms with Gasteiger partial charge in [0.1, 0.15) is 0 Å². The molecule has 1 aliphatic rings. The fraction of sp³-hybridized carbons (Fsp3) is 1.00. The largest absolute Gasteiger partial charge is 0.385 e. The minimum absolute atomic E-state index is 0.951. The molecule has 0 atom stereocenters. The van der Waals surface area contributed by atoms with E-state index in [-0.39, 0.29) is 0 Å². The first-order valence-electron chi connectivity index (χ1n) is 5.42. The first kappa shape index (κ1) is 10.0. The Morgan fingerprint density at radius 3 is 2.50 bits per heavy atom. The van der Waals surface area contributed by atoms with E-state index in [0.29, 0.717) is 0 Å². The van der Waals surface area contributed by atoms with Gasteiger partial charge < -0.3 is 4.74 Å². The summed E-state index contributed by atoms with van der Waals surface area (Å²) in [5.41, 5.74) is 0. The molecule has 0 heterocycles. The molecule has 1 heteroatoms. The maximum Gasteiger partial charge on any atom is 0.0462 e. The number of hydrogen-bond donors (Lipinski definition) is 0. The van der Waals surface area contributed by atoms with Crippen LogP contribution in [0.15, 0.2) is 0 Å². The molecule has 1 rings (SSSR count). The molecular weight excluding hydrogens is 148 g/mol. The average molecular weight is 170 g/mol. The van der Waals surface area contributed by atoms with Crippen molar-refractivity contribution in [3.05, 3.63) is 0 Å². The molecule has 1 nitrogen and oxygen atoms in total. The smallest absolute Gasteiger partial charge is 0.0462 e. The summed E-state index contributed by atoms with van der Waals surface area (Å²) in [5, 5.41) is 0. The Morgan fingerprint density at radius 1 is 1.08 bits per heavy atom. The zero-order valence-corrected chi connectivity index (χ0v) is 8.35. The van der Waals surface area contributed by atoms with Gasteiger partial charge in [-0.2, -0.15) is 0 Å². The normalized spacial score (nSPS) is 19.8. The molecule has 0 aliphatic heterocycles. The van der Waals surface area contributed by atoms with E-state index in [4.69, 9.17) is 4.74 Å². The predicted octanol–water partition coefficient (Wildman–Crippen LogP) is 3.38. The van der Waals surface area contributed by atoms with Crippen LogP contribution in [-0.2, 0) is 4.74 Å². The van der Waals surface area contributed by atoms with Gasteiger partial charge in [-0.3, -0.25) is 0 Å². The molecule has 0 saturated heterocycles. The second kappa shape index (κ2) is 6.47. The van der Waals surface area contributed by atoms with Gasteiger partial charge in [0.05, 0.1) is 0 Å². The van der Waals surface area contributed by atoms with E-state index in [1.165, 1.54) is 51.4 Å². The molecule has 0 bridgehead atoms. The van der Waals surface area contributed by atoms with Crippen molar-refractivity contribution >= 4 is 0 Å². The highest BCUT2D eigenvalue weighted by atomic mass is 16.5. The summed E-state index contributed by atoms with van der Waals surface area (Å²) < 4.78 is 5.03. The second-order valence-electron chi connectivity index (χ2n) is 3.99. The van der Waals surface area contributed by atoms with Crippen LogP contribution in [0.4, 0.5) is 0 Å². The predicted molar refractivity (Wildman–Crippen MR) is 52.3 cm³/mol. The van der Waals surface area contributed by atoms with Crippen LogP contribution in [0.5, 0.6) is 0 Å². The molecule has 12 heavy (non-hydrogen) atoms. The van der Waals surface area contributed by atoms with E-state index in [1.54, 1.807) is 7.11 Å².